The molecule has 0 saturated carbocycles. The summed E-state index contributed by atoms with van der Waals surface area (Å²) in [5.74, 6) is -0.101. The molecule has 0 bridgehead atoms. The lowest BCUT2D eigenvalue weighted by Crippen LogP contribution is -2.49. The fraction of sp³-hybridized carbons (Fsp3) is 0.568. The number of carbonyl (C=O) groups is 2. The van der Waals surface area contributed by atoms with Crippen LogP contribution in [0.3, 0.4) is 0 Å². The topological polar surface area (TPSA) is 124 Å². The molecule has 47 heavy (non-hydrogen) atoms. The molecular formula is C37H47NO9. The Balaban J connectivity index is 1.28. The summed E-state index contributed by atoms with van der Waals surface area (Å²) < 4.78 is 29.2. The molecule has 1 aliphatic carbocycles. The average molecular weight is 650 g/mol. The number of hydrogen-bond acceptors (Lipinski definition) is 10. The van der Waals surface area contributed by atoms with Crippen LogP contribution in [-0.4, -0.2) is 76.9 Å². The molecule has 2 aromatic rings. The first kappa shape index (κ1) is 33.3. The third-order valence-electron chi connectivity index (χ3n) is 10.4. The number of rotatable bonds is 11. The summed E-state index contributed by atoms with van der Waals surface area (Å²) in [6.07, 6.45) is 3.80. The van der Waals surface area contributed by atoms with Crippen LogP contribution in [0.4, 0.5) is 0 Å². The summed E-state index contributed by atoms with van der Waals surface area (Å²) in [6.45, 7) is 9.21. The van der Waals surface area contributed by atoms with Gasteiger partial charge in [-0.15, -0.1) is 0 Å². The Morgan fingerprint density at radius 1 is 1.04 bits per heavy atom. The molecule has 254 valence electrons. The number of esters is 2. The minimum Gasteiger partial charge on any atom is -0.497 e. The predicted octanol–water partition coefficient (Wildman–Crippen LogP) is 4.77. The van der Waals surface area contributed by atoms with Gasteiger partial charge in [0.25, 0.3) is 0 Å². The smallest absolute Gasteiger partial charge is 0.339 e. The summed E-state index contributed by atoms with van der Waals surface area (Å²) in [5.41, 5.74) is 1.47. The van der Waals surface area contributed by atoms with E-state index in [-0.39, 0.29) is 32.2 Å². The lowest BCUT2D eigenvalue weighted by Gasteiger charge is -2.39. The summed E-state index contributed by atoms with van der Waals surface area (Å²) in [4.78, 5) is 29.8. The molecule has 2 N–H and O–H groups in total. The second-order valence-electron chi connectivity index (χ2n) is 14.2. The highest BCUT2D eigenvalue weighted by atomic mass is 16.7. The van der Waals surface area contributed by atoms with Crippen LogP contribution >= 0.6 is 0 Å². The van der Waals surface area contributed by atoms with E-state index in [1.807, 2.05) is 44.2 Å². The van der Waals surface area contributed by atoms with Gasteiger partial charge in [-0.1, -0.05) is 18.2 Å². The molecule has 0 aromatic heterocycles. The van der Waals surface area contributed by atoms with Gasteiger partial charge in [0, 0.05) is 6.54 Å². The van der Waals surface area contributed by atoms with E-state index >= 15 is 0 Å². The van der Waals surface area contributed by atoms with Crippen molar-refractivity contribution in [1.82, 2.24) is 4.90 Å². The number of ether oxygens (including phenoxy) is 5. The van der Waals surface area contributed by atoms with Crippen molar-refractivity contribution < 1.29 is 43.5 Å². The molecule has 3 heterocycles. The molecule has 1 saturated heterocycles. The summed E-state index contributed by atoms with van der Waals surface area (Å²) in [7, 11) is 1.56. The predicted molar refractivity (Wildman–Crippen MR) is 173 cm³/mol. The van der Waals surface area contributed by atoms with Gasteiger partial charge < -0.3 is 33.9 Å². The highest BCUT2D eigenvalue weighted by Gasteiger charge is 2.59. The van der Waals surface area contributed by atoms with Gasteiger partial charge in [-0.05, 0) is 119 Å². The SMILES string of the molecule is COC1=C[C@]23CCCN2CCc2cc4c(cc2[C@@H]3C1OC(=O)C(O)(CCCC(C)(C)O)CC(=O)OCc1ccc(C)c(C)c1)OCO4. The molecule has 2 aromatic carbocycles. The number of aliphatic hydroxyl groups is 2. The van der Waals surface area contributed by atoms with Gasteiger partial charge in [0.05, 0.1) is 30.6 Å². The molecule has 10 nitrogen and oxygen atoms in total. The Bertz CT molecular complexity index is 1560. The lowest BCUT2D eigenvalue weighted by atomic mass is 9.77. The van der Waals surface area contributed by atoms with Gasteiger partial charge >= 0.3 is 11.9 Å². The third kappa shape index (κ3) is 6.60. The molecule has 4 atom stereocenters. The maximum absolute atomic E-state index is 14.2. The molecule has 10 heteroatoms. The zero-order chi connectivity index (χ0) is 33.6. The molecule has 6 rings (SSSR count). The van der Waals surface area contributed by atoms with Gasteiger partial charge in [0.1, 0.15) is 12.4 Å². The second kappa shape index (κ2) is 12.8. The Kier molecular flexibility index (Phi) is 9.06. The van der Waals surface area contributed by atoms with E-state index in [1.165, 1.54) is 0 Å². The quantitative estimate of drug-likeness (QED) is 0.329. The summed E-state index contributed by atoms with van der Waals surface area (Å²) >= 11 is 0. The van der Waals surface area contributed by atoms with Gasteiger partial charge in [0.2, 0.25) is 6.79 Å². The van der Waals surface area contributed by atoms with E-state index in [2.05, 4.69) is 11.0 Å². The van der Waals surface area contributed by atoms with Crippen molar-refractivity contribution in [3.8, 4) is 11.5 Å². The Hall–Kier alpha value is -3.60. The Morgan fingerprint density at radius 3 is 2.53 bits per heavy atom. The molecular weight excluding hydrogens is 602 g/mol. The number of benzene rings is 2. The van der Waals surface area contributed by atoms with Crippen molar-refractivity contribution in [2.24, 2.45) is 0 Å². The van der Waals surface area contributed by atoms with Gasteiger partial charge in [-0.2, -0.15) is 0 Å². The largest absolute Gasteiger partial charge is 0.497 e. The van der Waals surface area contributed by atoms with Crippen LogP contribution in [0.15, 0.2) is 42.2 Å². The van der Waals surface area contributed by atoms with Crippen molar-refractivity contribution in [1.29, 1.82) is 0 Å². The van der Waals surface area contributed by atoms with Crippen molar-refractivity contribution in [2.45, 2.75) is 108 Å². The van der Waals surface area contributed by atoms with Gasteiger partial charge in [-0.3, -0.25) is 9.69 Å². The average Bonchev–Trinajstić information content (AvgIpc) is 3.70. The molecule has 2 unspecified atom stereocenters. The maximum Gasteiger partial charge on any atom is 0.339 e. The molecule has 4 aliphatic rings. The number of carbonyl (C=O) groups excluding carboxylic acids is 2. The van der Waals surface area contributed by atoms with Crippen molar-refractivity contribution in [2.75, 3.05) is 27.0 Å². The number of fused-ring (bicyclic) bond motifs is 3. The Labute approximate surface area is 276 Å². The van der Waals surface area contributed by atoms with E-state index < -0.39 is 41.2 Å². The molecule has 0 radical (unpaired) electrons. The van der Waals surface area contributed by atoms with E-state index in [4.69, 9.17) is 23.7 Å². The van der Waals surface area contributed by atoms with E-state index in [0.29, 0.717) is 23.7 Å². The normalized spacial score (nSPS) is 24.4. The van der Waals surface area contributed by atoms with E-state index in [1.54, 1.807) is 21.0 Å². The maximum atomic E-state index is 14.2. The fourth-order valence-corrected chi connectivity index (χ4v) is 7.74. The Morgan fingerprint density at radius 2 is 1.81 bits per heavy atom. The first-order valence-corrected chi connectivity index (χ1v) is 16.6. The van der Waals surface area contributed by atoms with Crippen molar-refractivity contribution in [3.63, 3.8) is 0 Å². The summed E-state index contributed by atoms with van der Waals surface area (Å²) in [6, 6.07) is 9.82. The lowest BCUT2D eigenvalue weighted by molar-refractivity contribution is -0.179. The minimum absolute atomic E-state index is 0.0151. The highest BCUT2D eigenvalue weighted by molar-refractivity contribution is 5.86. The summed E-state index contributed by atoms with van der Waals surface area (Å²) in [5, 5.41) is 22.3. The first-order valence-electron chi connectivity index (χ1n) is 16.6. The minimum atomic E-state index is -2.18. The number of hydrogen-bond donors (Lipinski definition) is 2. The number of nitrogens with zero attached hydrogens (tertiary/aromatic N) is 1. The fourth-order valence-electron chi connectivity index (χ4n) is 7.74. The van der Waals surface area contributed by atoms with Crippen LogP contribution in [-0.2, 0) is 36.8 Å². The van der Waals surface area contributed by atoms with Crippen molar-refractivity contribution >= 4 is 11.9 Å². The van der Waals surface area contributed by atoms with Crippen molar-refractivity contribution in [3.05, 3.63) is 70.0 Å². The van der Waals surface area contributed by atoms with E-state index in [9.17, 15) is 19.8 Å². The van der Waals surface area contributed by atoms with Crippen LogP contribution in [0, 0.1) is 13.8 Å². The molecule has 3 aliphatic heterocycles. The molecule has 0 amide bonds. The zero-order valence-electron chi connectivity index (χ0n) is 28.1. The number of methoxy groups -OCH3 is 1. The first-order chi connectivity index (χ1) is 22.3. The van der Waals surface area contributed by atoms with Crippen LogP contribution in [0.25, 0.3) is 0 Å². The monoisotopic (exact) mass is 649 g/mol. The highest BCUT2D eigenvalue weighted by Crippen LogP contribution is 2.55. The zero-order valence-corrected chi connectivity index (χ0v) is 28.1. The third-order valence-corrected chi connectivity index (χ3v) is 10.4. The van der Waals surface area contributed by atoms with Crippen LogP contribution < -0.4 is 9.47 Å². The van der Waals surface area contributed by atoms with Gasteiger partial charge in [0.15, 0.2) is 23.2 Å². The molecule has 1 spiro atoms. The van der Waals surface area contributed by atoms with Gasteiger partial charge in [-0.25, -0.2) is 4.79 Å². The second-order valence-corrected chi connectivity index (χ2v) is 14.2. The molecule has 1 fully saturated rings. The van der Waals surface area contributed by atoms with E-state index in [0.717, 1.165) is 60.2 Å². The van der Waals surface area contributed by atoms with Crippen LogP contribution in [0.1, 0.15) is 86.1 Å². The van der Waals surface area contributed by atoms with Crippen LogP contribution in [0.2, 0.25) is 0 Å². The number of aryl methyl sites for hydroxylation is 2. The van der Waals surface area contributed by atoms with Crippen LogP contribution in [0.5, 0.6) is 11.5 Å². The standard InChI is InChI=1S/C37H47NO9/c1-23-8-9-25(16-24(23)2)21-44-31(39)20-37(42,13-6-11-35(3,4)41)34(40)47-33-30(43-5)19-36-12-7-14-38(36)15-10-26-17-28-29(46-22-45-28)18-27(26)32(33)36/h8-9,16-19,32-33,41-42H,6-7,10-15,20-22H2,1-5H3/t32-,33?,36+,37?/m1/s1.